The Bertz CT molecular complexity index is 3510. The molecule has 0 aliphatic carbocycles. The third-order valence-electron chi connectivity index (χ3n) is 13.2. The first-order chi connectivity index (χ1) is 36.5. The van der Waals surface area contributed by atoms with E-state index in [2.05, 4.69) is 176 Å². The first-order valence-corrected chi connectivity index (χ1v) is 24.1. The second kappa shape index (κ2) is 20.3. The Kier molecular flexibility index (Phi) is 11.3. The van der Waals surface area contributed by atoms with E-state index in [-0.39, 0.29) is 16.5 Å². The molecule has 0 N–H and O–H groups in total. The van der Waals surface area contributed by atoms with Crippen LogP contribution in [0.15, 0.2) is 219 Å². The van der Waals surface area contributed by atoms with Crippen LogP contribution in [0.25, 0.3) is 78.3 Å². The minimum Gasteiger partial charge on any atom is -0.256 e. The highest BCUT2D eigenvalue weighted by Crippen LogP contribution is 2.42. The zero-order valence-corrected chi connectivity index (χ0v) is 40.0. The van der Waals surface area contributed by atoms with Crippen molar-refractivity contribution >= 4 is 0 Å². The molecule has 0 aliphatic heterocycles. The SMILES string of the molecule is [2H]C([2H])([2H])c1ccnc(-c2ccc(CCc3cc(CCc4ccc(-c5cc(C([2H])([2H])[2H])ccn5)cc4)cc(-c4ccccc4-c4ccc(-c5cc(C(C)(C)C)ccn5)cc4-c4ccc(-c5ccccc5)cc4)c3)cc2)c1. The molecule has 0 amide bonds. The number of hydrogen-bond donors (Lipinski definition) is 0. The van der Waals surface area contributed by atoms with Gasteiger partial charge in [-0.15, -0.1) is 0 Å². The molecule has 70 heavy (non-hydrogen) atoms. The highest BCUT2D eigenvalue weighted by Gasteiger charge is 2.19. The van der Waals surface area contributed by atoms with Crippen LogP contribution < -0.4 is 0 Å². The molecule has 0 saturated carbocycles. The van der Waals surface area contributed by atoms with Crippen molar-refractivity contribution in [1.82, 2.24) is 15.0 Å². The summed E-state index contributed by atoms with van der Waals surface area (Å²) in [6.45, 7) is 2.29. The van der Waals surface area contributed by atoms with Gasteiger partial charge in [0.25, 0.3) is 0 Å². The molecule has 7 aromatic carbocycles. The molecule has 10 aromatic rings. The third-order valence-corrected chi connectivity index (χ3v) is 13.2. The molecule has 0 atom stereocenters. The molecule has 3 nitrogen and oxygen atoms in total. The molecule has 10 rings (SSSR count). The van der Waals surface area contributed by atoms with Crippen LogP contribution in [0.4, 0.5) is 0 Å². The fourth-order valence-corrected chi connectivity index (χ4v) is 9.32. The summed E-state index contributed by atoms with van der Waals surface area (Å²) in [5.41, 5.74) is 20.7. The van der Waals surface area contributed by atoms with Crippen molar-refractivity contribution in [3.63, 3.8) is 0 Å². The molecule has 0 radical (unpaired) electrons. The number of hydrogen-bond acceptors (Lipinski definition) is 3. The third kappa shape index (κ3) is 10.7. The quantitative estimate of drug-likeness (QED) is 0.116. The smallest absolute Gasteiger partial charge is 0.0705 e. The van der Waals surface area contributed by atoms with Crippen molar-refractivity contribution in [3.8, 4) is 78.3 Å². The highest BCUT2D eigenvalue weighted by atomic mass is 14.7. The normalized spacial score (nSPS) is 13.1. The number of aryl methyl sites for hydroxylation is 6. The van der Waals surface area contributed by atoms with Crippen LogP contribution in [0.2, 0.25) is 0 Å². The summed E-state index contributed by atoms with van der Waals surface area (Å²) in [6, 6.07) is 69.3. The van der Waals surface area contributed by atoms with Gasteiger partial charge in [0.1, 0.15) is 0 Å². The minimum atomic E-state index is -2.20. The molecule has 0 fully saturated rings. The molecule has 0 bridgehead atoms. The molecule has 0 aliphatic rings. The summed E-state index contributed by atoms with van der Waals surface area (Å²) < 4.78 is 47.4. The minimum absolute atomic E-state index is 0.0283. The number of nitrogens with zero attached hydrogens (tertiary/aromatic N) is 3. The first kappa shape index (κ1) is 38.9. The summed E-state index contributed by atoms with van der Waals surface area (Å²) in [4.78, 5) is 13.9. The molecule has 0 spiro atoms. The highest BCUT2D eigenvalue weighted by molar-refractivity contribution is 5.94. The lowest BCUT2D eigenvalue weighted by atomic mass is 9.85. The van der Waals surface area contributed by atoms with Crippen LogP contribution in [0.1, 0.15) is 67.9 Å². The predicted octanol–water partition coefficient (Wildman–Crippen LogP) is 17.0. The van der Waals surface area contributed by atoms with Crippen molar-refractivity contribution < 1.29 is 8.22 Å². The van der Waals surface area contributed by atoms with Gasteiger partial charge in [-0.1, -0.05) is 178 Å². The summed E-state index contributed by atoms with van der Waals surface area (Å²) in [7, 11) is 0. The van der Waals surface area contributed by atoms with Crippen LogP contribution in [0.3, 0.4) is 0 Å². The Morgan fingerprint density at radius 2 is 0.786 bits per heavy atom. The van der Waals surface area contributed by atoms with Crippen molar-refractivity contribution in [2.24, 2.45) is 0 Å². The topological polar surface area (TPSA) is 38.7 Å². The van der Waals surface area contributed by atoms with Gasteiger partial charge in [0.05, 0.1) is 17.1 Å². The maximum absolute atomic E-state index is 7.89. The fourth-order valence-electron chi connectivity index (χ4n) is 9.32. The first-order valence-electron chi connectivity index (χ1n) is 27.1. The monoisotopic (exact) mass is 912 g/mol. The summed E-state index contributed by atoms with van der Waals surface area (Å²) in [6.07, 6.45) is 8.27. The lowest BCUT2D eigenvalue weighted by Crippen LogP contribution is -2.11. The lowest BCUT2D eigenvalue weighted by molar-refractivity contribution is 0.589. The Labute approximate surface area is 423 Å². The second-order valence-electron chi connectivity index (χ2n) is 19.2. The van der Waals surface area contributed by atoms with E-state index in [1.807, 2.05) is 36.5 Å². The van der Waals surface area contributed by atoms with Crippen LogP contribution in [0, 0.1) is 13.7 Å². The summed E-state index contributed by atoms with van der Waals surface area (Å²) in [5.74, 6) is 0. The van der Waals surface area contributed by atoms with Crippen molar-refractivity contribution in [1.29, 1.82) is 0 Å². The van der Waals surface area contributed by atoms with E-state index < -0.39 is 13.7 Å². The van der Waals surface area contributed by atoms with Gasteiger partial charge < -0.3 is 0 Å². The van der Waals surface area contributed by atoms with Crippen molar-refractivity contribution in [2.75, 3.05) is 0 Å². The number of pyridine rings is 3. The summed E-state index contributed by atoms with van der Waals surface area (Å²) in [5, 5.41) is 0. The maximum atomic E-state index is 7.89. The van der Waals surface area contributed by atoms with Gasteiger partial charge >= 0.3 is 0 Å². The standard InChI is InChI=1S/C67H59N3/c1-46-33-36-68-64(39-46)55-23-19-48(20-24-55)15-17-50-41-51(18-16-49-21-25-56(26-22-49)65-40-47(2)34-37-69-65)43-58(42-50)60-13-9-10-14-61(60)62-32-31-57(66-45-59(35-38-70-66)67(3,4)5)44-63(62)54-29-27-53(28-30-54)52-11-7-6-8-12-52/h6-14,19-45H,15-18H2,1-5H3/i1D3,2D3. The van der Waals surface area contributed by atoms with E-state index in [0.717, 1.165) is 87.0 Å². The van der Waals surface area contributed by atoms with Gasteiger partial charge in [-0.3, -0.25) is 15.0 Å². The number of benzene rings is 7. The zero-order chi connectivity index (χ0) is 53.0. The van der Waals surface area contributed by atoms with Gasteiger partial charge in [-0.05, 0) is 171 Å². The Balaban J connectivity index is 1.01. The lowest BCUT2D eigenvalue weighted by Gasteiger charge is -2.20. The Morgan fingerprint density at radius 3 is 1.36 bits per heavy atom. The van der Waals surface area contributed by atoms with E-state index in [1.54, 1.807) is 36.7 Å². The van der Waals surface area contributed by atoms with E-state index in [9.17, 15) is 0 Å². The second-order valence-corrected chi connectivity index (χ2v) is 19.2. The largest absolute Gasteiger partial charge is 0.256 e. The fraction of sp³-hybridized carbons (Fsp3) is 0.149. The van der Waals surface area contributed by atoms with E-state index in [1.165, 1.54) is 33.4 Å². The van der Waals surface area contributed by atoms with E-state index >= 15 is 0 Å². The van der Waals surface area contributed by atoms with E-state index in [0.29, 0.717) is 11.4 Å². The van der Waals surface area contributed by atoms with E-state index in [4.69, 9.17) is 13.2 Å². The van der Waals surface area contributed by atoms with Gasteiger partial charge in [-0.25, -0.2) is 0 Å². The average Bonchev–Trinajstić information content (AvgIpc) is 3.46. The van der Waals surface area contributed by atoms with Gasteiger partial charge in [0.15, 0.2) is 0 Å². The molecule has 0 unspecified atom stereocenters. The molecule has 3 aromatic heterocycles. The number of rotatable bonds is 13. The Hall–Kier alpha value is -8.01. The number of aromatic nitrogens is 3. The predicted molar refractivity (Wildman–Crippen MR) is 294 cm³/mol. The van der Waals surface area contributed by atoms with Crippen LogP contribution in [-0.2, 0) is 31.1 Å². The molecule has 3 heterocycles. The van der Waals surface area contributed by atoms with Gasteiger partial charge in [0.2, 0.25) is 0 Å². The molecule has 3 heteroatoms. The van der Waals surface area contributed by atoms with Crippen LogP contribution >= 0.6 is 0 Å². The van der Waals surface area contributed by atoms with Gasteiger partial charge in [0, 0.05) is 43.5 Å². The van der Waals surface area contributed by atoms with Crippen molar-refractivity contribution in [3.05, 3.63) is 258 Å². The molecular formula is C67H59N3. The summed E-state index contributed by atoms with van der Waals surface area (Å²) >= 11 is 0. The molecular weight excluding hydrogens is 847 g/mol. The molecule has 0 saturated heterocycles. The average molecular weight is 912 g/mol. The zero-order valence-electron chi connectivity index (χ0n) is 46.0. The van der Waals surface area contributed by atoms with Crippen LogP contribution in [-0.4, -0.2) is 15.0 Å². The van der Waals surface area contributed by atoms with Gasteiger partial charge in [-0.2, -0.15) is 0 Å². The maximum Gasteiger partial charge on any atom is 0.0705 e. The van der Waals surface area contributed by atoms with Crippen molar-refractivity contribution in [2.45, 2.75) is 65.6 Å². The van der Waals surface area contributed by atoms with Crippen LogP contribution in [0.5, 0.6) is 0 Å². The Morgan fingerprint density at radius 1 is 0.329 bits per heavy atom. The molecule has 342 valence electrons.